The van der Waals surface area contributed by atoms with Crippen LogP contribution in [-0.2, 0) is 0 Å². The van der Waals surface area contributed by atoms with Crippen LogP contribution >= 0.6 is 23.3 Å². The Labute approximate surface area is 172 Å². The number of fused-ring (bicyclic) bond motifs is 1. The lowest BCUT2D eigenvalue weighted by Gasteiger charge is -2.37. The third-order valence-corrected chi connectivity index (χ3v) is 6.21. The molecule has 1 aliphatic rings. The van der Waals surface area contributed by atoms with Gasteiger partial charge >= 0.3 is 0 Å². The first-order valence-electron chi connectivity index (χ1n) is 9.25. The van der Waals surface area contributed by atoms with Gasteiger partial charge in [-0.1, -0.05) is 0 Å². The van der Waals surface area contributed by atoms with Gasteiger partial charge in [-0.25, -0.2) is 9.97 Å². The van der Waals surface area contributed by atoms with Crippen LogP contribution in [0.1, 0.15) is 13.8 Å². The number of hydrogen-bond donors (Lipinski definition) is 1. The molecule has 148 valence electrons. The van der Waals surface area contributed by atoms with Crippen LogP contribution in [0.5, 0.6) is 0 Å². The Morgan fingerprint density at radius 1 is 1.25 bits per heavy atom. The van der Waals surface area contributed by atoms with Crippen molar-refractivity contribution < 1.29 is 0 Å². The number of pyridine rings is 2. The van der Waals surface area contributed by atoms with Crippen molar-refractivity contribution in [1.29, 1.82) is 0 Å². The molecule has 2 unspecified atom stereocenters. The zero-order valence-corrected chi connectivity index (χ0v) is 18.0. The molecule has 0 amide bonds. The molecule has 1 fully saturated rings. The molecule has 4 rings (SSSR count). The molecule has 1 aliphatic heterocycles. The highest BCUT2D eigenvalue weighted by molar-refractivity contribution is 7.97. The first-order chi connectivity index (χ1) is 13.4. The summed E-state index contributed by atoms with van der Waals surface area (Å²) < 4.78 is 3.85. The van der Waals surface area contributed by atoms with Crippen LogP contribution in [0.15, 0.2) is 39.6 Å². The van der Waals surface area contributed by atoms with Gasteiger partial charge in [0, 0.05) is 42.9 Å². The van der Waals surface area contributed by atoms with E-state index in [2.05, 4.69) is 29.0 Å². The fourth-order valence-electron chi connectivity index (χ4n) is 3.60. The molecule has 0 saturated carbocycles. The number of anilines is 1. The van der Waals surface area contributed by atoms with E-state index >= 15 is 0 Å². The second kappa shape index (κ2) is 7.82. The maximum atomic E-state index is 13.0. The predicted molar refractivity (Wildman–Crippen MR) is 117 cm³/mol. The lowest BCUT2D eigenvalue weighted by Crippen LogP contribution is -2.54. The highest BCUT2D eigenvalue weighted by Crippen LogP contribution is 2.25. The van der Waals surface area contributed by atoms with Crippen molar-refractivity contribution in [2.45, 2.75) is 30.8 Å². The Balaban J connectivity index is 1.87. The van der Waals surface area contributed by atoms with Crippen molar-refractivity contribution in [3.63, 3.8) is 0 Å². The molecular weight excluding hydrogens is 392 g/mol. The van der Waals surface area contributed by atoms with Gasteiger partial charge < -0.3 is 10.2 Å². The Bertz CT molecular complexity index is 1020. The van der Waals surface area contributed by atoms with Gasteiger partial charge in [-0.3, -0.25) is 13.7 Å². The minimum atomic E-state index is 0.00241. The Morgan fingerprint density at radius 3 is 2.64 bits per heavy atom. The van der Waals surface area contributed by atoms with E-state index in [9.17, 15) is 4.79 Å². The van der Waals surface area contributed by atoms with E-state index in [1.807, 2.05) is 46.7 Å². The van der Waals surface area contributed by atoms with Gasteiger partial charge in [0.2, 0.25) is 5.43 Å². The molecule has 4 heterocycles. The third-order valence-electron chi connectivity index (χ3n) is 4.59. The summed E-state index contributed by atoms with van der Waals surface area (Å²) in [6.45, 7) is 6.14. The number of nitrogens with one attached hydrogen (secondary N) is 1. The maximum Gasteiger partial charge on any atom is 0.205 e. The molecule has 2 atom stereocenters. The fourth-order valence-corrected chi connectivity index (χ4v) is 4.96. The summed E-state index contributed by atoms with van der Waals surface area (Å²) in [5.74, 6) is 0.894. The summed E-state index contributed by atoms with van der Waals surface area (Å²) in [4.78, 5) is 25.3. The molecule has 1 saturated heterocycles. The van der Waals surface area contributed by atoms with Gasteiger partial charge in [0.15, 0.2) is 10.8 Å². The molecule has 0 aliphatic carbocycles. The standard InChI is InChI=1S/C19H24N6OS2/c1-12-9-24(10-13(2)21-12)16-6-5-14-17(26)15(28-23(3)4)11-25(18(14)22-16)19-20-7-8-27-19/h5-8,11-13,21H,9-10H2,1-4H3. The van der Waals surface area contributed by atoms with Crippen molar-refractivity contribution in [1.82, 2.24) is 24.2 Å². The summed E-state index contributed by atoms with van der Waals surface area (Å²) >= 11 is 2.94. The van der Waals surface area contributed by atoms with E-state index < -0.39 is 0 Å². The molecule has 28 heavy (non-hydrogen) atoms. The van der Waals surface area contributed by atoms with Crippen LogP contribution in [0, 0.1) is 0 Å². The van der Waals surface area contributed by atoms with E-state index in [0.29, 0.717) is 28.0 Å². The summed E-state index contributed by atoms with van der Waals surface area (Å²) in [6, 6.07) is 4.65. The van der Waals surface area contributed by atoms with Gasteiger partial charge in [0.1, 0.15) is 5.82 Å². The van der Waals surface area contributed by atoms with E-state index in [1.54, 1.807) is 6.20 Å². The zero-order valence-electron chi connectivity index (χ0n) is 16.4. The molecule has 0 radical (unpaired) electrons. The van der Waals surface area contributed by atoms with Crippen molar-refractivity contribution in [3.05, 3.63) is 40.1 Å². The third kappa shape index (κ3) is 3.80. The summed E-state index contributed by atoms with van der Waals surface area (Å²) in [5, 5.41) is 6.89. The lowest BCUT2D eigenvalue weighted by molar-refractivity contribution is 0.405. The molecule has 9 heteroatoms. The van der Waals surface area contributed by atoms with Gasteiger partial charge in [-0.2, -0.15) is 0 Å². The monoisotopic (exact) mass is 416 g/mol. The quantitative estimate of drug-likeness (QED) is 0.656. The zero-order chi connectivity index (χ0) is 19.8. The number of thiazole rings is 1. The molecule has 0 bridgehead atoms. The second-order valence-electron chi connectivity index (χ2n) is 7.33. The van der Waals surface area contributed by atoms with Crippen LogP contribution in [-0.4, -0.2) is 58.1 Å². The molecular formula is C19H24N6OS2. The predicted octanol–water partition coefficient (Wildman–Crippen LogP) is 2.60. The SMILES string of the molecule is CC1CN(c2ccc3c(=O)c(SN(C)C)cn(-c4nccs4)c3n2)CC(C)N1. The van der Waals surface area contributed by atoms with Crippen molar-refractivity contribution in [2.75, 3.05) is 32.1 Å². The number of nitrogens with zero attached hydrogens (tertiary/aromatic N) is 5. The van der Waals surface area contributed by atoms with Crippen molar-refractivity contribution in [3.8, 4) is 5.13 Å². The topological polar surface area (TPSA) is 66.3 Å². The first-order valence-corrected chi connectivity index (χ1v) is 10.9. The molecule has 1 N–H and O–H groups in total. The largest absolute Gasteiger partial charge is 0.353 e. The van der Waals surface area contributed by atoms with E-state index in [4.69, 9.17) is 4.98 Å². The number of piperazine rings is 1. The van der Waals surface area contributed by atoms with Crippen LogP contribution in [0.3, 0.4) is 0 Å². The smallest absolute Gasteiger partial charge is 0.205 e. The highest BCUT2D eigenvalue weighted by atomic mass is 32.2. The fraction of sp³-hybridized carbons (Fsp3) is 0.421. The molecule has 3 aromatic heterocycles. The second-order valence-corrected chi connectivity index (χ2v) is 9.55. The molecule has 0 aromatic carbocycles. The minimum Gasteiger partial charge on any atom is -0.353 e. The van der Waals surface area contributed by atoms with Gasteiger partial charge in [0.25, 0.3) is 0 Å². The normalized spacial score (nSPS) is 20.2. The maximum absolute atomic E-state index is 13.0. The average Bonchev–Trinajstić information content (AvgIpc) is 3.17. The van der Waals surface area contributed by atoms with Gasteiger partial charge in [-0.05, 0) is 52.0 Å². The van der Waals surface area contributed by atoms with E-state index in [-0.39, 0.29) is 5.43 Å². The summed E-state index contributed by atoms with van der Waals surface area (Å²) in [6.07, 6.45) is 3.63. The summed E-state index contributed by atoms with van der Waals surface area (Å²) in [5.41, 5.74) is 0.655. The number of hydrogen-bond acceptors (Lipinski definition) is 8. The first kappa shape index (κ1) is 19.4. The number of rotatable bonds is 4. The Hall–Kier alpha value is -1.94. The number of aromatic nitrogens is 3. The van der Waals surface area contributed by atoms with Gasteiger partial charge in [-0.15, -0.1) is 11.3 Å². The highest BCUT2D eigenvalue weighted by Gasteiger charge is 2.23. The van der Waals surface area contributed by atoms with E-state index in [1.165, 1.54) is 23.3 Å². The van der Waals surface area contributed by atoms with Crippen LogP contribution in [0.2, 0.25) is 0 Å². The Kier molecular flexibility index (Phi) is 5.42. The summed E-state index contributed by atoms with van der Waals surface area (Å²) in [7, 11) is 3.85. The van der Waals surface area contributed by atoms with Crippen LogP contribution < -0.4 is 15.6 Å². The lowest BCUT2D eigenvalue weighted by atomic mass is 10.1. The van der Waals surface area contributed by atoms with E-state index in [0.717, 1.165) is 24.0 Å². The van der Waals surface area contributed by atoms with Gasteiger partial charge in [0.05, 0.1) is 10.3 Å². The molecule has 3 aromatic rings. The minimum absolute atomic E-state index is 0.00241. The van der Waals surface area contributed by atoms with Crippen LogP contribution in [0.4, 0.5) is 5.82 Å². The van der Waals surface area contributed by atoms with Crippen molar-refractivity contribution >= 4 is 40.1 Å². The Morgan fingerprint density at radius 2 is 2.00 bits per heavy atom. The molecule has 7 nitrogen and oxygen atoms in total. The van der Waals surface area contributed by atoms with Crippen molar-refractivity contribution in [2.24, 2.45) is 0 Å². The average molecular weight is 417 g/mol. The van der Waals surface area contributed by atoms with Crippen LogP contribution in [0.25, 0.3) is 16.2 Å². The molecule has 0 spiro atoms.